The van der Waals surface area contributed by atoms with Gasteiger partial charge in [0.1, 0.15) is 17.8 Å². The molecule has 7 nitrogen and oxygen atoms in total. The Morgan fingerprint density at radius 1 is 1.71 bits per heavy atom. The van der Waals surface area contributed by atoms with E-state index in [1.807, 2.05) is 6.07 Å². The molecule has 1 aromatic heterocycles. The fourth-order valence-electron chi connectivity index (χ4n) is 1.24. The van der Waals surface area contributed by atoms with Crippen molar-refractivity contribution in [3.63, 3.8) is 0 Å². The lowest BCUT2D eigenvalue weighted by atomic mass is 10.1. The lowest BCUT2D eigenvalue weighted by Gasteiger charge is -2.14. The molecule has 90 valence electrons. The van der Waals surface area contributed by atoms with E-state index >= 15 is 0 Å². The summed E-state index contributed by atoms with van der Waals surface area (Å²) in [4.78, 5) is 10.3. The summed E-state index contributed by atoms with van der Waals surface area (Å²) >= 11 is 0. The summed E-state index contributed by atoms with van der Waals surface area (Å²) in [5.74, 6) is 0.000764. The van der Waals surface area contributed by atoms with Crippen LogP contribution in [0.3, 0.4) is 0 Å². The van der Waals surface area contributed by atoms with E-state index in [2.05, 4.69) is 5.10 Å². The average Bonchev–Trinajstić information content (AvgIpc) is 2.95. The van der Waals surface area contributed by atoms with Gasteiger partial charge in [-0.25, -0.2) is 4.68 Å². The molecule has 0 bridgehead atoms. The summed E-state index contributed by atoms with van der Waals surface area (Å²) in [6.45, 7) is 3.26. The molecule has 1 fully saturated rings. The Kier molecular flexibility index (Phi) is 2.50. The van der Waals surface area contributed by atoms with Crippen LogP contribution in [0.1, 0.15) is 26.7 Å². The number of hydrogen-bond acceptors (Lipinski definition) is 5. The van der Waals surface area contributed by atoms with E-state index in [4.69, 9.17) is 10.00 Å². The van der Waals surface area contributed by atoms with E-state index in [-0.39, 0.29) is 17.7 Å². The zero-order chi connectivity index (χ0) is 12.6. The molecule has 2 rings (SSSR count). The van der Waals surface area contributed by atoms with Gasteiger partial charge in [-0.1, -0.05) is 0 Å². The second-order valence-corrected chi connectivity index (χ2v) is 4.51. The molecule has 1 saturated carbocycles. The van der Waals surface area contributed by atoms with Crippen molar-refractivity contribution in [1.82, 2.24) is 9.78 Å². The third-order valence-corrected chi connectivity index (χ3v) is 2.51. The first-order chi connectivity index (χ1) is 7.94. The minimum atomic E-state index is -0.935. The summed E-state index contributed by atoms with van der Waals surface area (Å²) in [6, 6.07) is 2.03. The first-order valence-electron chi connectivity index (χ1n) is 5.26. The summed E-state index contributed by atoms with van der Waals surface area (Å²) in [7, 11) is 0. The molecule has 0 atom stereocenters. The molecule has 0 aromatic carbocycles. The molecule has 0 aliphatic heterocycles. The van der Waals surface area contributed by atoms with Crippen molar-refractivity contribution in [1.29, 1.82) is 5.26 Å². The fourth-order valence-corrected chi connectivity index (χ4v) is 1.24. The number of nitrogens with zero attached hydrogens (tertiary/aromatic N) is 4. The summed E-state index contributed by atoms with van der Waals surface area (Å²) in [6.07, 6.45) is 3.06. The van der Waals surface area contributed by atoms with Crippen molar-refractivity contribution in [3.05, 3.63) is 16.3 Å². The van der Waals surface area contributed by atoms with Crippen molar-refractivity contribution >= 4 is 5.69 Å². The van der Waals surface area contributed by atoms with Gasteiger partial charge in [0.2, 0.25) is 0 Å². The molecular weight excluding hydrogens is 224 g/mol. The molecule has 17 heavy (non-hydrogen) atoms. The summed E-state index contributed by atoms with van der Waals surface area (Å²) in [5, 5.41) is 23.8. The average molecular weight is 236 g/mol. The molecule has 1 aliphatic rings. The van der Waals surface area contributed by atoms with Crippen LogP contribution in [0.2, 0.25) is 0 Å². The van der Waals surface area contributed by atoms with Crippen LogP contribution in [0.25, 0.3) is 0 Å². The molecule has 1 aromatic rings. The van der Waals surface area contributed by atoms with E-state index < -0.39 is 10.5 Å². The van der Waals surface area contributed by atoms with Gasteiger partial charge in [0, 0.05) is 0 Å². The van der Waals surface area contributed by atoms with Gasteiger partial charge in [0.05, 0.1) is 11.0 Å². The SMILES string of the molecule is CC(C)(C#N)n1cc([N+](=O)[O-])c(OC2CC2)n1. The van der Waals surface area contributed by atoms with Gasteiger partial charge < -0.3 is 4.74 Å². The molecule has 1 heterocycles. The Morgan fingerprint density at radius 3 is 2.82 bits per heavy atom. The van der Waals surface area contributed by atoms with Gasteiger partial charge >= 0.3 is 11.6 Å². The first-order valence-corrected chi connectivity index (χ1v) is 5.26. The molecule has 0 amide bonds. The second kappa shape index (κ2) is 3.73. The van der Waals surface area contributed by atoms with Crippen LogP contribution in [-0.4, -0.2) is 20.8 Å². The van der Waals surface area contributed by atoms with Crippen molar-refractivity contribution in [3.8, 4) is 11.9 Å². The predicted molar refractivity (Wildman–Crippen MR) is 57.5 cm³/mol. The summed E-state index contributed by atoms with van der Waals surface area (Å²) in [5.41, 5.74) is -1.13. The molecule has 0 spiro atoms. The van der Waals surface area contributed by atoms with Crippen LogP contribution in [0, 0.1) is 21.4 Å². The van der Waals surface area contributed by atoms with Gasteiger partial charge in [-0.2, -0.15) is 5.26 Å². The van der Waals surface area contributed by atoms with Crippen molar-refractivity contribution in [2.24, 2.45) is 0 Å². The van der Waals surface area contributed by atoms with Gasteiger partial charge in [0.25, 0.3) is 0 Å². The third kappa shape index (κ3) is 2.20. The third-order valence-electron chi connectivity index (χ3n) is 2.51. The van der Waals surface area contributed by atoms with Crippen LogP contribution < -0.4 is 4.74 Å². The van der Waals surface area contributed by atoms with Crippen LogP contribution in [-0.2, 0) is 5.54 Å². The maximum Gasteiger partial charge on any atom is 0.350 e. The molecule has 7 heteroatoms. The van der Waals surface area contributed by atoms with E-state index in [9.17, 15) is 10.1 Å². The van der Waals surface area contributed by atoms with Crippen molar-refractivity contribution in [2.75, 3.05) is 0 Å². The van der Waals surface area contributed by atoms with Crippen LogP contribution >= 0.6 is 0 Å². The minimum absolute atomic E-state index is 0.000764. The first kappa shape index (κ1) is 11.4. The highest BCUT2D eigenvalue weighted by Gasteiger charge is 2.32. The lowest BCUT2D eigenvalue weighted by molar-refractivity contribution is -0.386. The maximum absolute atomic E-state index is 10.8. The highest BCUT2D eigenvalue weighted by Crippen LogP contribution is 2.33. The smallest absolute Gasteiger partial charge is 0.350 e. The monoisotopic (exact) mass is 236 g/mol. The van der Waals surface area contributed by atoms with E-state index in [1.165, 1.54) is 10.9 Å². The predicted octanol–water partition coefficient (Wildman–Crippen LogP) is 1.59. The Balaban J connectivity index is 2.36. The van der Waals surface area contributed by atoms with E-state index in [0.29, 0.717) is 0 Å². The quantitative estimate of drug-likeness (QED) is 0.584. The Hall–Kier alpha value is -2.10. The van der Waals surface area contributed by atoms with Crippen molar-refractivity contribution < 1.29 is 9.66 Å². The largest absolute Gasteiger partial charge is 0.468 e. The number of nitriles is 1. The molecule has 1 aliphatic carbocycles. The second-order valence-electron chi connectivity index (χ2n) is 4.51. The summed E-state index contributed by atoms with van der Waals surface area (Å²) < 4.78 is 6.62. The highest BCUT2D eigenvalue weighted by molar-refractivity contribution is 5.39. The van der Waals surface area contributed by atoms with Gasteiger partial charge in [0.15, 0.2) is 0 Å². The number of aromatic nitrogens is 2. The van der Waals surface area contributed by atoms with E-state index in [1.54, 1.807) is 13.8 Å². The number of hydrogen-bond donors (Lipinski definition) is 0. The zero-order valence-corrected chi connectivity index (χ0v) is 9.58. The Morgan fingerprint density at radius 2 is 2.35 bits per heavy atom. The fraction of sp³-hybridized carbons (Fsp3) is 0.600. The molecule has 0 unspecified atom stereocenters. The molecule has 0 radical (unpaired) electrons. The standard InChI is InChI=1S/C10H12N4O3/c1-10(2,6-11)13-5-8(14(15)16)9(12-13)17-7-3-4-7/h5,7H,3-4H2,1-2H3. The van der Waals surface area contributed by atoms with Crippen LogP contribution in [0.4, 0.5) is 5.69 Å². The molecular formula is C10H12N4O3. The highest BCUT2D eigenvalue weighted by atomic mass is 16.6. The zero-order valence-electron chi connectivity index (χ0n) is 9.58. The van der Waals surface area contributed by atoms with Crippen LogP contribution in [0.5, 0.6) is 5.88 Å². The Bertz CT molecular complexity index is 496. The Labute approximate surface area is 97.7 Å². The van der Waals surface area contributed by atoms with Crippen LogP contribution in [0.15, 0.2) is 6.20 Å². The minimum Gasteiger partial charge on any atom is -0.468 e. The lowest BCUT2D eigenvalue weighted by Crippen LogP contribution is -2.24. The number of nitro groups is 1. The van der Waals surface area contributed by atoms with Crippen molar-refractivity contribution in [2.45, 2.75) is 38.3 Å². The van der Waals surface area contributed by atoms with Gasteiger partial charge in [-0.15, -0.1) is 5.10 Å². The van der Waals surface area contributed by atoms with E-state index in [0.717, 1.165) is 12.8 Å². The topological polar surface area (TPSA) is 94.0 Å². The van der Waals surface area contributed by atoms with Gasteiger partial charge in [-0.3, -0.25) is 10.1 Å². The number of rotatable bonds is 4. The number of ether oxygens (including phenoxy) is 1. The molecule has 0 saturated heterocycles. The molecule has 0 N–H and O–H groups in total. The van der Waals surface area contributed by atoms with Gasteiger partial charge in [-0.05, 0) is 26.7 Å². The maximum atomic E-state index is 10.8. The normalized spacial score (nSPS) is 15.4.